The smallest absolute Gasteiger partial charge is 0.247 e. The average Bonchev–Trinajstić information content (AvgIpc) is 2.79. The number of benzene rings is 2. The Morgan fingerprint density at radius 1 is 1.14 bits per heavy atom. The van der Waals surface area contributed by atoms with Crippen LogP contribution in [0.15, 0.2) is 42.5 Å². The molecule has 1 aliphatic heterocycles. The molecular weight excluding hydrogens is 286 g/mol. The minimum absolute atomic E-state index is 0.0108. The van der Waals surface area contributed by atoms with Crippen molar-refractivity contribution in [3.8, 4) is 0 Å². The van der Waals surface area contributed by atoms with Gasteiger partial charge < -0.3 is 5.11 Å². The van der Waals surface area contributed by atoms with Crippen LogP contribution in [0.2, 0.25) is 0 Å². The number of imide groups is 1. The van der Waals surface area contributed by atoms with Crippen LogP contribution in [0.1, 0.15) is 6.42 Å². The number of aliphatic hydroxyl groups is 1. The average molecular weight is 301 g/mol. The van der Waals surface area contributed by atoms with Crippen molar-refractivity contribution in [2.75, 3.05) is 17.3 Å². The first-order valence-electron chi connectivity index (χ1n) is 6.79. The van der Waals surface area contributed by atoms with E-state index < -0.39 is 0 Å². The molecule has 1 N–H and O–H groups in total. The number of hydrogen-bond donors (Lipinski definition) is 1. The molecule has 3 rings (SSSR count). The summed E-state index contributed by atoms with van der Waals surface area (Å²) in [5.74, 6) is 0.106. The standard InChI is InChI=1S/C16H15NO3S/c18-8-9-21-14-10-15(19)17(16(14)20)13-7-3-5-11-4-1-2-6-12(11)13/h1-7,14,18H,8-10H2/t14-/m1/s1. The van der Waals surface area contributed by atoms with Crippen molar-refractivity contribution in [3.63, 3.8) is 0 Å². The Labute approximate surface area is 126 Å². The maximum atomic E-state index is 12.5. The van der Waals surface area contributed by atoms with Crippen LogP contribution in [0, 0.1) is 0 Å². The molecule has 4 nitrogen and oxygen atoms in total. The van der Waals surface area contributed by atoms with Gasteiger partial charge in [0.05, 0.1) is 17.5 Å². The molecule has 0 spiro atoms. The van der Waals surface area contributed by atoms with E-state index in [1.165, 1.54) is 16.7 Å². The molecule has 1 fully saturated rings. The molecule has 108 valence electrons. The van der Waals surface area contributed by atoms with Gasteiger partial charge in [-0.05, 0) is 11.5 Å². The lowest BCUT2D eigenvalue weighted by Crippen LogP contribution is -2.31. The highest BCUT2D eigenvalue weighted by Gasteiger charge is 2.40. The normalized spacial score (nSPS) is 18.7. The topological polar surface area (TPSA) is 57.6 Å². The number of rotatable bonds is 4. The molecule has 0 aliphatic carbocycles. The van der Waals surface area contributed by atoms with Crippen LogP contribution in [0.25, 0.3) is 10.8 Å². The molecule has 0 bridgehead atoms. The number of amides is 2. The van der Waals surface area contributed by atoms with Gasteiger partial charge in [-0.2, -0.15) is 0 Å². The van der Waals surface area contributed by atoms with Gasteiger partial charge in [-0.25, -0.2) is 4.90 Å². The van der Waals surface area contributed by atoms with Crippen LogP contribution < -0.4 is 4.90 Å². The van der Waals surface area contributed by atoms with Crippen molar-refractivity contribution in [2.45, 2.75) is 11.7 Å². The van der Waals surface area contributed by atoms with Gasteiger partial charge in [0.15, 0.2) is 0 Å². The zero-order chi connectivity index (χ0) is 14.8. The predicted octanol–water partition coefficient (Wildman–Crippen LogP) is 2.20. The zero-order valence-electron chi connectivity index (χ0n) is 11.4. The molecule has 2 aromatic carbocycles. The van der Waals surface area contributed by atoms with Crippen molar-refractivity contribution in [1.29, 1.82) is 0 Å². The number of nitrogens with zero attached hydrogens (tertiary/aromatic N) is 1. The summed E-state index contributed by atoms with van der Waals surface area (Å²) in [6.07, 6.45) is 0.201. The SMILES string of the molecule is O=C1C[C@@H](SCCO)C(=O)N1c1cccc2ccccc12. The van der Waals surface area contributed by atoms with E-state index in [-0.39, 0.29) is 30.1 Å². The first kappa shape index (κ1) is 14.1. The van der Waals surface area contributed by atoms with Gasteiger partial charge in [0, 0.05) is 17.6 Å². The second-order valence-corrected chi connectivity index (χ2v) is 6.16. The highest BCUT2D eigenvalue weighted by molar-refractivity contribution is 8.00. The molecule has 2 amide bonds. The number of carbonyl (C=O) groups is 2. The van der Waals surface area contributed by atoms with Crippen molar-refractivity contribution in [2.24, 2.45) is 0 Å². The second-order valence-electron chi connectivity index (χ2n) is 4.85. The summed E-state index contributed by atoms with van der Waals surface area (Å²) in [5, 5.41) is 10.4. The molecule has 1 atom stereocenters. The summed E-state index contributed by atoms with van der Waals surface area (Å²) in [4.78, 5) is 26.0. The highest BCUT2D eigenvalue weighted by Crippen LogP contribution is 2.33. The largest absolute Gasteiger partial charge is 0.396 e. The number of anilines is 1. The Kier molecular flexibility index (Phi) is 3.94. The first-order chi connectivity index (χ1) is 10.2. The summed E-state index contributed by atoms with van der Waals surface area (Å²) >= 11 is 1.34. The highest BCUT2D eigenvalue weighted by atomic mass is 32.2. The molecular formula is C16H15NO3S. The first-order valence-corrected chi connectivity index (χ1v) is 7.84. The molecule has 1 heterocycles. The van der Waals surface area contributed by atoms with Gasteiger partial charge in [-0.1, -0.05) is 36.4 Å². The maximum absolute atomic E-state index is 12.5. The van der Waals surface area contributed by atoms with Crippen LogP contribution >= 0.6 is 11.8 Å². The Bertz CT molecular complexity index is 695. The molecule has 1 saturated heterocycles. The Morgan fingerprint density at radius 2 is 1.90 bits per heavy atom. The van der Waals surface area contributed by atoms with Gasteiger partial charge >= 0.3 is 0 Å². The molecule has 1 aliphatic rings. The van der Waals surface area contributed by atoms with Gasteiger partial charge in [-0.15, -0.1) is 11.8 Å². The van der Waals surface area contributed by atoms with Crippen LogP contribution in [0.3, 0.4) is 0 Å². The molecule has 0 unspecified atom stereocenters. The molecule has 21 heavy (non-hydrogen) atoms. The molecule has 0 saturated carbocycles. The fourth-order valence-electron chi connectivity index (χ4n) is 2.59. The maximum Gasteiger partial charge on any atom is 0.247 e. The van der Waals surface area contributed by atoms with Crippen molar-refractivity contribution < 1.29 is 14.7 Å². The third-order valence-electron chi connectivity index (χ3n) is 3.52. The number of carbonyl (C=O) groups excluding carboxylic acids is 2. The lowest BCUT2D eigenvalue weighted by atomic mass is 10.1. The van der Waals surface area contributed by atoms with Crippen LogP contribution in [0.4, 0.5) is 5.69 Å². The number of thioether (sulfide) groups is 1. The van der Waals surface area contributed by atoms with Crippen LogP contribution in [-0.2, 0) is 9.59 Å². The van der Waals surface area contributed by atoms with E-state index >= 15 is 0 Å². The van der Waals surface area contributed by atoms with E-state index in [0.717, 1.165) is 10.8 Å². The summed E-state index contributed by atoms with van der Waals surface area (Å²) < 4.78 is 0. The second kappa shape index (κ2) is 5.87. The molecule has 5 heteroatoms. The van der Waals surface area contributed by atoms with Gasteiger partial charge in [-0.3, -0.25) is 9.59 Å². The fourth-order valence-corrected chi connectivity index (χ4v) is 3.48. The number of fused-ring (bicyclic) bond motifs is 1. The number of aliphatic hydroxyl groups excluding tert-OH is 1. The zero-order valence-corrected chi connectivity index (χ0v) is 12.2. The summed E-state index contributed by atoms with van der Waals surface area (Å²) in [6.45, 7) is 0.0108. The fraction of sp³-hybridized carbons (Fsp3) is 0.250. The van der Waals surface area contributed by atoms with E-state index in [0.29, 0.717) is 11.4 Å². The Balaban J connectivity index is 1.99. The summed E-state index contributed by atoms with van der Waals surface area (Å²) in [6, 6.07) is 13.3. The molecule has 0 radical (unpaired) electrons. The van der Waals surface area contributed by atoms with E-state index in [9.17, 15) is 9.59 Å². The molecule has 2 aromatic rings. The monoisotopic (exact) mass is 301 g/mol. The van der Waals surface area contributed by atoms with E-state index in [2.05, 4.69) is 0 Å². The van der Waals surface area contributed by atoms with Crippen LogP contribution in [0.5, 0.6) is 0 Å². The summed E-state index contributed by atoms with van der Waals surface area (Å²) in [7, 11) is 0. The van der Waals surface area contributed by atoms with Crippen molar-refractivity contribution in [3.05, 3.63) is 42.5 Å². The minimum Gasteiger partial charge on any atom is -0.396 e. The number of hydrogen-bond acceptors (Lipinski definition) is 4. The van der Waals surface area contributed by atoms with E-state index in [4.69, 9.17) is 5.11 Å². The predicted molar refractivity (Wildman–Crippen MR) is 84.4 cm³/mol. The Hall–Kier alpha value is -1.85. The van der Waals surface area contributed by atoms with E-state index in [1.807, 2.05) is 36.4 Å². The van der Waals surface area contributed by atoms with Gasteiger partial charge in [0.25, 0.3) is 0 Å². The third kappa shape index (κ3) is 2.54. The lowest BCUT2D eigenvalue weighted by molar-refractivity contribution is -0.121. The summed E-state index contributed by atoms with van der Waals surface area (Å²) in [5.41, 5.74) is 0.648. The third-order valence-corrected chi connectivity index (χ3v) is 4.71. The molecule has 0 aromatic heterocycles. The van der Waals surface area contributed by atoms with Crippen molar-refractivity contribution in [1.82, 2.24) is 0 Å². The van der Waals surface area contributed by atoms with E-state index in [1.54, 1.807) is 6.07 Å². The minimum atomic E-state index is -0.386. The van der Waals surface area contributed by atoms with Gasteiger partial charge in [0.1, 0.15) is 0 Å². The van der Waals surface area contributed by atoms with Gasteiger partial charge in [0.2, 0.25) is 11.8 Å². The Morgan fingerprint density at radius 3 is 2.71 bits per heavy atom. The van der Waals surface area contributed by atoms with Crippen molar-refractivity contribution >= 4 is 40.0 Å². The van der Waals surface area contributed by atoms with Crippen LogP contribution in [-0.4, -0.2) is 34.5 Å². The quantitative estimate of drug-likeness (QED) is 0.880. The lowest BCUT2D eigenvalue weighted by Gasteiger charge is -2.17.